The Labute approximate surface area is 181 Å². The molecule has 30 heavy (non-hydrogen) atoms. The van der Waals surface area contributed by atoms with E-state index >= 15 is 0 Å². The van der Waals surface area contributed by atoms with Crippen LogP contribution in [0.1, 0.15) is 19.8 Å². The molecule has 1 saturated heterocycles. The number of methoxy groups -OCH3 is 1. The lowest BCUT2D eigenvalue weighted by atomic mass is 10.2. The zero-order chi connectivity index (χ0) is 21.1. The summed E-state index contributed by atoms with van der Waals surface area (Å²) in [5.41, 5.74) is 2.64. The van der Waals surface area contributed by atoms with Crippen molar-refractivity contribution < 1.29 is 17.9 Å². The Kier molecular flexibility index (Phi) is 6.08. The third-order valence-corrected chi connectivity index (χ3v) is 7.87. The predicted octanol–water partition coefficient (Wildman–Crippen LogP) is 4.67. The average Bonchev–Trinajstić information content (AvgIpc) is 3.47. The Morgan fingerprint density at radius 1 is 1.03 bits per heavy atom. The van der Waals surface area contributed by atoms with Gasteiger partial charge in [0.15, 0.2) is 11.5 Å². The maximum Gasteiger partial charge on any atom is 0.243 e. The zero-order valence-electron chi connectivity index (χ0n) is 17.0. The third kappa shape index (κ3) is 4.08. The molecule has 0 amide bonds. The zero-order valence-corrected chi connectivity index (χ0v) is 18.6. The van der Waals surface area contributed by atoms with Crippen molar-refractivity contribution >= 4 is 21.4 Å². The van der Waals surface area contributed by atoms with Crippen LogP contribution in [0.25, 0.3) is 21.8 Å². The van der Waals surface area contributed by atoms with Gasteiger partial charge in [-0.1, -0.05) is 12.1 Å². The number of aromatic nitrogens is 1. The van der Waals surface area contributed by atoms with Gasteiger partial charge >= 0.3 is 0 Å². The summed E-state index contributed by atoms with van der Waals surface area (Å²) in [6.07, 6.45) is 1.85. The molecular weight excluding hydrogens is 420 g/mol. The molecule has 8 heteroatoms. The van der Waals surface area contributed by atoms with Gasteiger partial charge < -0.3 is 9.47 Å². The second kappa shape index (κ2) is 8.75. The number of hydrogen-bond acceptors (Lipinski definition) is 6. The van der Waals surface area contributed by atoms with Gasteiger partial charge in [-0.25, -0.2) is 13.4 Å². The van der Waals surface area contributed by atoms with Crippen LogP contribution in [0.5, 0.6) is 11.5 Å². The molecule has 1 aliphatic rings. The molecule has 1 aliphatic heterocycles. The van der Waals surface area contributed by atoms with Gasteiger partial charge in [0.25, 0.3) is 0 Å². The molecule has 0 atom stereocenters. The highest BCUT2D eigenvalue weighted by atomic mass is 32.2. The van der Waals surface area contributed by atoms with Crippen molar-refractivity contribution in [2.45, 2.75) is 24.7 Å². The van der Waals surface area contributed by atoms with Gasteiger partial charge in [0.1, 0.15) is 5.01 Å². The summed E-state index contributed by atoms with van der Waals surface area (Å²) in [5, 5.41) is 2.84. The van der Waals surface area contributed by atoms with Gasteiger partial charge in [-0.15, -0.1) is 11.3 Å². The minimum Gasteiger partial charge on any atom is -0.493 e. The number of rotatable bonds is 7. The van der Waals surface area contributed by atoms with Gasteiger partial charge in [0.05, 0.1) is 24.3 Å². The van der Waals surface area contributed by atoms with Crippen molar-refractivity contribution in [3.8, 4) is 33.3 Å². The van der Waals surface area contributed by atoms with E-state index in [1.54, 1.807) is 23.5 Å². The van der Waals surface area contributed by atoms with E-state index in [-0.39, 0.29) is 0 Å². The Balaban J connectivity index is 1.57. The summed E-state index contributed by atoms with van der Waals surface area (Å²) in [7, 11) is -1.78. The molecule has 0 radical (unpaired) electrons. The van der Waals surface area contributed by atoms with Gasteiger partial charge in [0, 0.05) is 29.6 Å². The molecule has 0 N–H and O–H groups in total. The summed E-state index contributed by atoms with van der Waals surface area (Å²) >= 11 is 1.53. The topological polar surface area (TPSA) is 68.7 Å². The number of hydrogen-bond donors (Lipinski definition) is 0. The molecule has 1 aromatic heterocycles. The first-order chi connectivity index (χ1) is 14.5. The molecule has 6 nitrogen and oxygen atoms in total. The highest BCUT2D eigenvalue weighted by molar-refractivity contribution is 7.89. The lowest BCUT2D eigenvalue weighted by Gasteiger charge is -2.15. The normalized spacial score (nSPS) is 14.7. The largest absolute Gasteiger partial charge is 0.493 e. The monoisotopic (exact) mass is 444 g/mol. The standard InChI is InChI=1S/C22H24N2O4S2/c1-3-28-20-11-8-17(14-21(20)27-2)22-23-19(15-29-22)16-6-9-18(10-7-16)30(25,26)24-12-4-5-13-24/h6-11,14-15H,3-5,12-13H2,1-2H3. The number of sulfonamides is 1. The van der Waals surface area contributed by atoms with Gasteiger partial charge in [-0.05, 0) is 50.1 Å². The SMILES string of the molecule is CCOc1ccc(-c2nc(-c3ccc(S(=O)(=O)N4CCCC4)cc3)cs2)cc1OC. The maximum atomic E-state index is 12.7. The molecule has 0 unspecified atom stereocenters. The van der Waals surface area contributed by atoms with Crippen molar-refractivity contribution in [1.82, 2.24) is 9.29 Å². The van der Waals surface area contributed by atoms with Gasteiger partial charge in [-0.2, -0.15) is 4.31 Å². The molecule has 0 spiro atoms. The Morgan fingerprint density at radius 3 is 2.40 bits per heavy atom. The summed E-state index contributed by atoms with van der Waals surface area (Å²) < 4.78 is 38.0. The van der Waals surface area contributed by atoms with E-state index in [2.05, 4.69) is 0 Å². The summed E-state index contributed by atoms with van der Waals surface area (Å²) in [4.78, 5) is 5.07. The van der Waals surface area contributed by atoms with E-state index in [1.807, 2.05) is 42.6 Å². The van der Waals surface area contributed by atoms with Crippen LogP contribution in [0, 0.1) is 0 Å². The van der Waals surface area contributed by atoms with Crippen LogP contribution in [0.2, 0.25) is 0 Å². The van der Waals surface area contributed by atoms with Gasteiger partial charge in [0.2, 0.25) is 10.0 Å². The van der Waals surface area contributed by atoms with E-state index < -0.39 is 10.0 Å². The molecule has 0 saturated carbocycles. The minimum absolute atomic E-state index is 0.333. The van der Waals surface area contributed by atoms with Crippen LogP contribution in [0.15, 0.2) is 52.7 Å². The van der Waals surface area contributed by atoms with Crippen LogP contribution < -0.4 is 9.47 Å². The van der Waals surface area contributed by atoms with Gasteiger partial charge in [-0.3, -0.25) is 0 Å². The number of thiazole rings is 1. The first-order valence-electron chi connectivity index (χ1n) is 9.90. The second-order valence-electron chi connectivity index (χ2n) is 6.97. The third-order valence-electron chi connectivity index (χ3n) is 5.07. The molecule has 2 heterocycles. The molecule has 4 rings (SSSR count). The smallest absolute Gasteiger partial charge is 0.243 e. The minimum atomic E-state index is -3.40. The van der Waals surface area contributed by atoms with Crippen LogP contribution in [0.4, 0.5) is 0 Å². The fraction of sp³-hybridized carbons (Fsp3) is 0.318. The summed E-state index contributed by atoms with van der Waals surface area (Å²) in [6, 6.07) is 12.7. The highest BCUT2D eigenvalue weighted by Gasteiger charge is 2.27. The Hall–Kier alpha value is -2.42. The Morgan fingerprint density at radius 2 is 1.73 bits per heavy atom. The van der Waals surface area contributed by atoms with E-state index in [0.29, 0.717) is 36.1 Å². The number of benzene rings is 2. The summed E-state index contributed by atoms with van der Waals surface area (Å²) in [6.45, 7) is 3.71. The van der Waals surface area contributed by atoms with Crippen molar-refractivity contribution in [2.24, 2.45) is 0 Å². The number of nitrogens with zero attached hydrogens (tertiary/aromatic N) is 2. The molecule has 158 valence electrons. The van der Waals surface area contributed by atoms with Crippen molar-refractivity contribution in [1.29, 1.82) is 0 Å². The van der Waals surface area contributed by atoms with Crippen molar-refractivity contribution in [3.63, 3.8) is 0 Å². The predicted molar refractivity (Wildman–Crippen MR) is 119 cm³/mol. The quantitative estimate of drug-likeness (QED) is 0.530. The lowest BCUT2D eigenvalue weighted by Crippen LogP contribution is -2.27. The van der Waals surface area contributed by atoms with E-state index in [1.165, 1.54) is 11.3 Å². The van der Waals surface area contributed by atoms with Crippen molar-refractivity contribution in [3.05, 3.63) is 47.8 Å². The molecule has 0 bridgehead atoms. The van der Waals surface area contributed by atoms with Crippen molar-refractivity contribution in [2.75, 3.05) is 26.8 Å². The molecule has 0 aliphatic carbocycles. The van der Waals surface area contributed by atoms with E-state index in [4.69, 9.17) is 14.5 Å². The maximum absolute atomic E-state index is 12.7. The summed E-state index contributed by atoms with van der Waals surface area (Å²) in [5.74, 6) is 1.37. The van der Waals surface area contributed by atoms with Crippen LogP contribution >= 0.6 is 11.3 Å². The fourth-order valence-corrected chi connectivity index (χ4v) is 5.83. The van der Waals surface area contributed by atoms with Crippen LogP contribution in [-0.2, 0) is 10.0 Å². The fourth-order valence-electron chi connectivity index (χ4n) is 3.49. The molecular formula is C22H24N2O4S2. The molecule has 1 fully saturated rings. The average molecular weight is 445 g/mol. The Bertz CT molecular complexity index is 1120. The lowest BCUT2D eigenvalue weighted by molar-refractivity contribution is 0.311. The molecule has 3 aromatic rings. The first-order valence-corrected chi connectivity index (χ1v) is 12.2. The van der Waals surface area contributed by atoms with Crippen LogP contribution in [-0.4, -0.2) is 44.5 Å². The second-order valence-corrected chi connectivity index (χ2v) is 9.77. The molecule has 2 aromatic carbocycles. The van der Waals surface area contributed by atoms with Crippen LogP contribution in [0.3, 0.4) is 0 Å². The van der Waals surface area contributed by atoms with E-state index in [0.717, 1.165) is 34.7 Å². The number of ether oxygens (including phenoxy) is 2. The van der Waals surface area contributed by atoms with E-state index in [9.17, 15) is 8.42 Å². The highest BCUT2D eigenvalue weighted by Crippen LogP contribution is 2.35. The first kappa shape index (κ1) is 20.8.